The van der Waals surface area contributed by atoms with Gasteiger partial charge in [-0.1, -0.05) is 40.5 Å². The zero-order valence-electron chi connectivity index (χ0n) is 11.9. The van der Waals surface area contributed by atoms with E-state index in [0.717, 1.165) is 5.92 Å². The Kier molecular flexibility index (Phi) is 5.82. The largest absolute Gasteiger partial charge is 0.303 e. The van der Waals surface area contributed by atoms with Gasteiger partial charge in [0.15, 0.2) is 0 Å². The maximum absolute atomic E-state index is 2.64. The summed E-state index contributed by atoms with van der Waals surface area (Å²) in [5.41, 5.74) is 0.531. The zero-order chi connectivity index (χ0) is 12.0. The molecule has 96 valence electrons. The third-order valence-electron chi connectivity index (χ3n) is 3.79. The molecule has 1 aliphatic heterocycles. The molecule has 1 fully saturated rings. The molecule has 0 saturated carbocycles. The quantitative estimate of drug-likeness (QED) is 0.673. The van der Waals surface area contributed by atoms with Gasteiger partial charge in [0.05, 0.1) is 0 Å². The third kappa shape index (κ3) is 5.89. The molecule has 1 heteroatoms. The lowest BCUT2D eigenvalue weighted by Crippen LogP contribution is -2.34. The molecular weight excluding hydrogens is 194 g/mol. The van der Waals surface area contributed by atoms with Gasteiger partial charge < -0.3 is 4.90 Å². The van der Waals surface area contributed by atoms with Crippen molar-refractivity contribution in [3.05, 3.63) is 0 Å². The molecule has 1 aliphatic rings. The molecule has 0 spiro atoms. The second-order valence-corrected chi connectivity index (χ2v) is 6.74. The monoisotopic (exact) mass is 225 g/mol. The SMILES string of the molecule is CCCN1CCC(CCCC(C)(C)C)CC1. The molecule has 0 N–H and O–H groups in total. The Morgan fingerprint density at radius 2 is 1.75 bits per heavy atom. The van der Waals surface area contributed by atoms with Gasteiger partial charge >= 0.3 is 0 Å². The van der Waals surface area contributed by atoms with Crippen LogP contribution in [0.15, 0.2) is 0 Å². The molecule has 1 saturated heterocycles. The van der Waals surface area contributed by atoms with Crippen LogP contribution in [0, 0.1) is 11.3 Å². The smallest absolute Gasteiger partial charge is 0.00161 e. The summed E-state index contributed by atoms with van der Waals surface area (Å²) in [4.78, 5) is 2.64. The number of rotatable bonds is 5. The van der Waals surface area contributed by atoms with Crippen molar-refractivity contribution >= 4 is 0 Å². The first-order valence-electron chi connectivity index (χ1n) is 7.23. The molecule has 0 aromatic heterocycles. The van der Waals surface area contributed by atoms with E-state index in [1.807, 2.05) is 0 Å². The summed E-state index contributed by atoms with van der Waals surface area (Å²) in [5, 5.41) is 0. The molecule has 1 heterocycles. The van der Waals surface area contributed by atoms with Crippen LogP contribution >= 0.6 is 0 Å². The second kappa shape index (κ2) is 6.64. The maximum Gasteiger partial charge on any atom is -0.00161 e. The average molecular weight is 225 g/mol. The summed E-state index contributed by atoms with van der Waals surface area (Å²) < 4.78 is 0. The molecular formula is C15H31N. The van der Waals surface area contributed by atoms with Crippen molar-refractivity contribution in [3.8, 4) is 0 Å². The van der Waals surface area contributed by atoms with Crippen LogP contribution in [0.5, 0.6) is 0 Å². The molecule has 16 heavy (non-hydrogen) atoms. The van der Waals surface area contributed by atoms with Crippen molar-refractivity contribution in [1.29, 1.82) is 0 Å². The maximum atomic E-state index is 2.64. The summed E-state index contributed by atoms with van der Waals surface area (Å²) in [7, 11) is 0. The lowest BCUT2D eigenvalue weighted by Gasteiger charge is -2.32. The van der Waals surface area contributed by atoms with Crippen LogP contribution in [-0.2, 0) is 0 Å². The fourth-order valence-corrected chi connectivity index (χ4v) is 2.74. The Hall–Kier alpha value is -0.0400. The summed E-state index contributed by atoms with van der Waals surface area (Å²) in [6, 6.07) is 0. The normalized spacial score (nSPS) is 20.2. The van der Waals surface area contributed by atoms with Gasteiger partial charge in [0, 0.05) is 0 Å². The highest BCUT2D eigenvalue weighted by atomic mass is 15.1. The standard InChI is InChI=1S/C15H31N/c1-5-11-16-12-8-14(9-13-16)7-6-10-15(2,3)4/h14H,5-13H2,1-4H3. The lowest BCUT2D eigenvalue weighted by atomic mass is 9.85. The second-order valence-electron chi connectivity index (χ2n) is 6.74. The number of nitrogens with zero attached hydrogens (tertiary/aromatic N) is 1. The van der Waals surface area contributed by atoms with E-state index in [1.54, 1.807) is 0 Å². The van der Waals surface area contributed by atoms with Crippen LogP contribution in [0.3, 0.4) is 0 Å². The molecule has 0 atom stereocenters. The van der Waals surface area contributed by atoms with Gasteiger partial charge in [-0.2, -0.15) is 0 Å². The Bertz CT molecular complexity index is 172. The van der Waals surface area contributed by atoms with Crippen molar-refractivity contribution in [2.75, 3.05) is 19.6 Å². The molecule has 0 aromatic carbocycles. The first kappa shape index (κ1) is 14.0. The van der Waals surface area contributed by atoms with E-state index >= 15 is 0 Å². The minimum absolute atomic E-state index is 0.531. The van der Waals surface area contributed by atoms with Crippen molar-refractivity contribution in [1.82, 2.24) is 4.90 Å². The summed E-state index contributed by atoms with van der Waals surface area (Å²) in [5.74, 6) is 1.02. The number of piperidine rings is 1. The van der Waals surface area contributed by atoms with E-state index < -0.39 is 0 Å². The van der Waals surface area contributed by atoms with Crippen LogP contribution in [0.1, 0.15) is 66.2 Å². The van der Waals surface area contributed by atoms with E-state index in [9.17, 15) is 0 Å². The topological polar surface area (TPSA) is 3.24 Å². The first-order valence-corrected chi connectivity index (χ1v) is 7.23. The first-order chi connectivity index (χ1) is 7.51. The van der Waals surface area contributed by atoms with Gasteiger partial charge in [0.2, 0.25) is 0 Å². The van der Waals surface area contributed by atoms with Gasteiger partial charge in [-0.3, -0.25) is 0 Å². The third-order valence-corrected chi connectivity index (χ3v) is 3.79. The van der Waals surface area contributed by atoms with Gasteiger partial charge in [-0.15, -0.1) is 0 Å². The molecule has 0 aliphatic carbocycles. The number of hydrogen-bond donors (Lipinski definition) is 0. The highest BCUT2D eigenvalue weighted by molar-refractivity contribution is 4.73. The fourth-order valence-electron chi connectivity index (χ4n) is 2.74. The molecule has 0 bridgehead atoms. The van der Waals surface area contributed by atoms with Crippen molar-refractivity contribution in [3.63, 3.8) is 0 Å². The summed E-state index contributed by atoms with van der Waals surface area (Å²) in [6.45, 7) is 13.4. The summed E-state index contributed by atoms with van der Waals surface area (Å²) in [6.07, 6.45) is 8.50. The van der Waals surface area contributed by atoms with Gasteiger partial charge in [0.25, 0.3) is 0 Å². The van der Waals surface area contributed by atoms with Crippen LogP contribution in [0.4, 0.5) is 0 Å². The van der Waals surface area contributed by atoms with Crippen molar-refractivity contribution in [2.45, 2.75) is 66.2 Å². The van der Waals surface area contributed by atoms with Gasteiger partial charge in [-0.25, -0.2) is 0 Å². The highest BCUT2D eigenvalue weighted by Gasteiger charge is 2.19. The molecule has 0 unspecified atom stereocenters. The number of likely N-dealkylation sites (tertiary alicyclic amines) is 1. The fraction of sp³-hybridized carbons (Fsp3) is 1.00. The minimum Gasteiger partial charge on any atom is -0.303 e. The van der Waals surface area contributed by atoms with Crippen LogP contribution < -0.4 is 0 Å². The van der Waals surface area contributed by atoms with Crippen LogP contribution in [0.2, 0.25) is 0 Å². The van der Waals surface area contributed by atoms with E-state index in [-0.39, 0.29) is 0 Å². The average Bonchev–Trinajstić information content (AvgIpc) is 2.19. The van der Waals surface area contributed by atoms with Gasteiger partial charge in [0.1, 0.15) is 0 Å². The van der Waals surface area contributed by atoms with Crippen molar-refractivity contribution < 1.29 is 0 Å². The Morgan fingerprint density at radius 3 is 2.25 bits per heavy atom. The summed E-state index contributed by atoms with van der Waals surface area (Å²) >= 11 is 0. The van der Waals surface area contributed by atoms with E-state index in [0.29, 0.717) is 5.41 Å². The highest BCUT2D eigenvalue weighted by Crippen LogP contribution is 2.27. The van der Waals surface area contributed by atoms with E-state index in [1.165, 1.54) is 58.2 Å². The van der Waals surface area contributed by atoms with E-state index in [4.69, 9.17) is 0 Å². The zero-order valence-corrected chi connectivity index (χ0v) is 11.9. The van der Waals surface area contributed by atoms with Gasteiger partial charge in [-0.05, 0) is 56.7 Å². The lowest BCUT2D eigenvalue weighted by molar-refractivity contribution is 0.174. The minimum atomic E-state index is 0.531. The predicted octanol–water partition coefficient (Wildman–Crippen LogP) is 4.32. The molecule has 0 aromatic rings. The van der Waals surface area contributed by atoms with Crippen molar-refractivity contribution in [2.24, 2.45) is 11.3 Å². The number of hydrogen-bond acceptors (Lipinski definition) is 1. The van der Waals surface area contributed by atoms with E-state index in [2.05, 4.69) is 32.6 Å². The molecule has 0 amide bonds. The molecule has 1 nitrogen and oxygen atoms in total. The Balaban J connectivity index is 2.08. The molecule has 1 rings (SSSR count). The van der Waals surface area contributed by atoms with Crippen LogP contribution in [0.25, 0.3) is 0 Å². The Labute approximate surface area is 103 Å². The Morgan fingerprint density at radius 1 is 1.12 bits per heavy atom. The predicted molar refractivity (Wildman–Crippen MR) is 72.8 cm³/mol. The van der Waals surface area contributed by atoms with Crippen LogP contribution in [-0.4, -0.2) is 24.5 Å². The molecule has 0 radical (unpaired) electrons.